The third kappa shape index (κ3) is 4.68. The minimum absolute atomic E-state index is 0.135. The summed E-state index contributed by atoms with van der Waals surface area (Å²) in [6.07, 6.45) is 0.378. The molecule has 1 aromatic rings. The number of benzene rings is 1. The third-order valence-corrected chi connectivity index (χ3v) is 2.54. The van der Waals surface area contributed by atoms with Gasteiger partial charge < -0.3 is 15.7 Å². The van der Waals surface area contributed by atoms with Crippen LogP contribution in [0.4, 0.5) is 10.5 Å². The summed E-state index contributed by atoms with van der Waals surface area (Å²) in [5.74, 6) is -0.968. The number of carbonyl (C=O) groups excluding carboxylic acids is 1. The van der Waals surface area contributed by atoms with E-state index in [-0.39, 0.29) is 6.42 Å². The Hall–Kier alpha value is -2.55. The van der Waals surface area contributed by atoms with Gasteiger partial charge in [-0.2, -0.15) is 5.26 Å². The van der Waals surface area contributed by atoms with Crippen LogP contribution in [0.5, 0.6) is 0 Å². The van der Waals surface area contributed by atoms with Crippen LogP contribution in [0.3, 0.4) is 0 Å². The molecule has 6 nitrogen and oxygen atoms in total. The largest absolute Gasteiger partial charge is 0.481 e. The SMILES string of the molecule is CCC(CC(=O)O)NC(=O)Nc1ccccc1C#N. The van der Waals surface area contributed by atoms with Gasteiger partial charge in [0.05, 0.1) is 17.7 Å². The number of nitrogens with one attached hydrogen (secondary N) is 2. The predicted molar refractivity (Wildman–Crippen MR) is 69.6 cm³/mol. The van der Waals surface area contributed by atoms with E-state index < -0.39 is 18.0 Å². The maximum Gasteiger partial charge on any atom is 0.319 e. The van der Waals surface area contributed by atoms with Gasteiger partial charge in [-0.15, -0.1) is 0 Å². The van der Waals surface area contributed by atoms with Gasteiger partial charge in [-0.05, 0) is 18.6 Å². The van der Waals surface area contributed by atoms with E-state index in [1.54, 1.807) is 31.2 Å². The smallest absolute Gasteiger partial charge is 0.319 e. The number of carbonyl (C=O) groups is 2. The van der Waals surface area contributed by atoms with E-state index in [0.717, 1.165) is 0 Å². The maximum absolute atomic E-state index is 11.7. The van der Waals surface area contributed by atoms with Gasteiger partial charge in [-0.25, -0.2) is 4.79 Å². The molecular formula is C13H15N3O3. The zero-order valence-electron chi connectivity index (χ0n) is 10.5. The number of hydrogen-bond donors (Lipinski definition) is 3. The second-order valence-corrected chi connectivity index (χ2v) is 3.96. The molecule has 0 bridgehead atoms. The van der Waals surface area contributed by atoms with Crippen LogP contribution in [0.1, 0.15) is 25.3 Å². The topological polar surface area (TPSA) is 102 Å². The Kier molecular flexibility index (Phi) is 5.35. The van der Waals surface area contributed by atoms with Crippen LogP contribution in [-0.4, -0.2) is 23.1 Å². The number of carboxylic acid groups (broad SMARTS) is 1. The number of para-hydroxylation sites is 1. The van der Waals surface area contributed by atoms with Crippen LogP contribution < -0.4 is 10.6 Å². The van der Waals surface area contributed by atoms with Crippen molar-refractivity contribution in [2.45, 2.75) is 25.8 Å². The summed E-state index contributed by atoms with van der Waals surface area (Å²) in [5, 5.41) is 22.7. The second kappa shape index (κ2) is 7.01. The minimum atomic E-state index is -0.968. The highest BCUT2D eigenvalue weighted by Crippen LogP contribution is 2.13. The Bertz CT molecular complexity index is 508. The first-order valence-electron chi connectivity index (χ1n) is 5.85. The van der Waals surface area contributed by atoms with E-state index in [4.69, 9.17) is 10.4 Å². The fraction of sp³-hybridized carbons (Fsp3) is 0.308. The molecule has 0 saturated carbocycles. The third-order valence-electron chi connectivity index (χ3n) is 2.54. The van der Waals surface area contributed by atoms with Gasteiger partial charge >= 0.3 is 12.0 Å². The monoisotopic (exact) mass is 261 g/mol. The molecule has 1 aromatic carbocycles. The van der Waals surface area contributed by atoms with Crippen molar-refractivity contribution < 1.29 is 14.7 Å². The summed E-state index contributed by atoms with van der Waals surface area (Å²) in [6.45, 7) is 1.79. The average molecular weight is 261 g/mol. The molecule has 2 amide bonds. The predicted octanol–water partition coefficient (Wildman–Crippen LogP) is 1.93. The molecule has 1 atom stereocenters. The summed E-state index contributed by atoms with van der Waals surface area (Å²) >= 11 is 0. The molecule has 1 rings (SSSR count). The van der Waals surface area contributed by atoms with Gasteiger partial charge in [0.15, 0.2) is 0 Å². The van der Waals surface area contributed by atoms with Crippen molar-refractivity contribution in [1.82, 2.24) is 5.32 Å². The van der Waals surface area contributed by atoms with Crippen molar-refractivity contribution in [2.24, 2.45) is 0 Å². The molecule has 3 N–H and O–H groups in total. The molecule has 0 heterocycles. The molecule has 1 unspecified atom stereocenters. The summed E-state index contributed by atoms with van der Waals surface area (Å²) in [5.41, 5.74) is 0.747. The lowest BCUT2D eigenvalue weighted by Gasteiger charge is -2.15. The molecule has 0 aliphatic carbocycles. The van der Waals surface area contributed by atoms with Crippen LogP contribution >= 0.6 is 0 Å². The van der Waals surface area contributed by atoms with Crippen molar-refractivity contribution >= 4 is 17.7 Å². The fourth-order valence-electron chi connectivity index (χ4n) is 1.54. The number of carboxylic acids is 1. The van der Waals surface area contributed by atoms with E-state index in [9.17, 15) is 9.59 Å². The molecule has 0 radical (unpaired) electrons. The van der Waals surface area contributed by atoms with E-state index in [0.29, 0.717) is 17.7 Å². The van der Waals surface area contributed by atoms with E-state index in [2.05, 4.69) is 10.6 Å². The Morgan fingerprint density at radius 3 is 2.68 bits per heavy atom. The average Bonchev–Trinajstić information content (AvgIpc) is 2.38. The normalized spacial score (nSPS) is 11.2. The summed E-state index contributed by atoms with van der Waals surface area (Å²) in [4.78, 5) is 22.3. The Balaban J connectivity index is 2.64. The first-order chi connectivity index (χ1) is 9.06. The number of rotatable bonds is 5. The van der Waals surface area contributed by atoms with Crippen molar-refractivity contribution in [1.29, 1.82) is 5.26 Å². The lowest BCUT2D eigenvalue weighted by Crippen LogP contribution is -2.39. The Morgan fingerprint density at radius 1 is 1.42 bits per heavy atom. The second-order valence-electron chi connectivity index (χ2n) is 3.96. The highest BCUT2D eigenvalue weighted by molar-refractivity contribution is 5.91. The van der Waals surface area contributed by atoms with Crippen LogP contribution in [0.15, 0.2) is 24.3 Å². The highest BCUT2D eigenvalue weighted by atomic mass is 16.4. The molecule has 0 saturated heterocycles. The molecule has 0 aliphatic heterocycles. The van der Waals surface area contributed by atoms with Crippen LogP contribution in [-0.2, 0) is 4.79 Å². The molecule has 6 heteroatoms. The van der Waals surface area contributed by atoms with E-state index in [1.807, 2.05) is 6.07 Å². The summed E-state index contributed by atoms with van der Waals surface area (Å²) < 4.78 is 0. The van der Waals surface area contributed by atoms with Gasteiger partial charge in [-0.1, -0.05) is 19.1 Å². The van der Waals surface area contributed by atoms with Crippen LogP contribution in [0.2, 0.25) is 0 Å². The van der Waals surface area contributed by atoms with Crippen molar-refractivity contribution in [3.05, 3.63) is 29.8 Å². The number of nitriles is 1. The minimum Gasteiger partial charge on any atom is -0.481 e. The van der Waals surface area contributed by atoms with Crippen LogP contribution in [0.25, 0.3) is 0 Å². The van der Waals surface area contributed by atoms with E-state index >= 15 is 0 Å². The molecule has 100 valence electrons. The van der Waals surface area contributed by atoms with Crippen LogP contribution in [0, 0.1) is 11.3 Å². The number of amides is 2. The highest BCUT2D eigenvalue weighted by Gasteiger charge is 2.14. The van der Waals surface area contributed by atoms with Gasteiger partial charge in [0.2, 0.25) is 0 Å². The van der Waals surface area contributed by atoms with Crippen molar-refractivity contribution in [2.75, 3.05) is 5.32 Å². The summed E-state index contributed by atoms with van der Waals surface area (Å²) in [6, 6.07) is 7.60. The molecular weight excluding hydrogens is 246 g/mol. The Labute approximate surface area is 111 Å². The molecule has 0 aromatic heterocycles. The molecule has 0 spiro atoms. The van der Waals surface area contributed by atoms with Gasteiger partial charge in [0.1, 0.15) is 6.07 Å². The van der Waals surface area contributed by atoms with Gasteiger partial charge in [0, 0.05) is 6.04 Å². The number of anilines is 1. The first-order valence-corrected chi connectivity index (χ1v) is 5.85. The first kappa shape index (κ1) is 14.5. The zero-order chi connectivity index (χ0) is 14.3. The summed E-state index contributed by atoms with van der Waals surface area (Å²) in [7, 11) is 0. The van der Waals surface area contributed by atoms with Gasteiger partial charge in [-0.3, -0.25) is 4.79 Å². The molecule has 19 heavy (non-hydrogen) atoms. The number of nitrogens with zero attached hydrogens (tertiary/aromatic N) is 1. The number of urea groups is 1. The quantitative estimate of drug-likeness (QED) is 0.753. The number of hydrogen-bond acceptors (Lipinski definition) is 3. The number of aliphatic carboxylic acids is 1. The molecule has 0 fully saturated rings. The molecule has 0 aliphatic rings. The van der Waals surface area contributed by atoms with E-state index in [1.165, 1.54) is 0 Å². The lowest BCUT2D eigenvalue weighted by atomic mass is 10.1. The fourth-order valence-corrected chi connectivity index (χ4v) is 1.54. The van der Waals surface area contributed by atoms with Crippen molar-refractivity contribution in [3.8, 4) is 6.07 Å². The zero-order valence-corrected chi connectivity index (χ0v) is 10.5. The van der Waals surface area contributed by atoms with Crippen molar-refractivity contribution in [3.63, 3.8) is 0 Å². The Morgan fingerprint density at radius 2 is 2.11 bits per heavy atom. The standard InChI is InChI=1S/C13H15N3O3/c1-2-10(7-12(17)18)15-13(19)16-11-6-4-3-5-9(11)8-14/h3-6,10H,2,7H2,1H3,(H,17,18)(H2,15,16,19). The van der Waals surface area contributed by atoms with Gasteiger partial charge in [0.25, 0.3) is 0 Å². The lowest BCUT2D eigenvalue weighted by molar-refractivity contribution is -0.137. The maximum atomic E-state index is 11.7.